The van der Waals surface area contributed by atoms with Crippen LogP contribution in [0.15, 0.2) is 17.1 Å². The number of aromatic amines is 1. The predicted molar refractivity (Wildman–Crippen MR) is 80.8 cm³/mol. The second-order valence-corrected chi connectivity index (χ2v) is 8.13. The van der Waals surface area contributed by atoms with Crippen LogP contribution in [0.3, 0.4) is 0 Å². The van der Waals surface area contributed by atoms with Crippen molar-refractivity contribution in [3.05, 3.63) is 27.4 Å². The number of halogens is 1. The van der Waals surface area contributed by atoms with Gasteiger partial charge in [0.2, 0.25) is 0 Å². The van der Waals surface area contributed by atoms with Gasteiger partial charge in [-0.15, -0.1) is 0 Å². The molecular formula is C9H13FN2O11P2S. The molecule has 148 valence electrons. The summed E-state index contributed by atoms with van der Waals surface area (Å²) in [6.07, 6.45) is -6.82. The summed E-state index contributed by atoms with van der Waals surface area (Å²) in [6, 6.07) is 0.860. The fourth-order valence-corrected chi connectivity index (χ4v) is 3.74. The van der Waals surface area contributed by atoms with Gasteiger partial charge in [0.15, 0.2) is 11.0 Å². The number of H-pyrrole nitrogens is 1. The SMILES string of the molecule is [2H][C@@]1(n2ccc(=O)[nH]c2=S)O[C@](F)(COP(=O)(O)OP(=O)(O)O)[C@@H](O)[C@H]1O. The average molecular weight is 439 g/mol. The Morgan fingerprint density at radius 2 is 2.08 bits per heavy atom. The van der Waals surface area contributed by atoms with Crippen LogP contribution in [0.4, 0.5) is 4.39 Å². The molecule has 0 saturated carbocycles. The third-order valence-electron chi connectivity index (χ3n) is 2.96. The minimum Gasteiger partial charge on any atom is -0.385 e. The Kier molecular flexibility index (Phi) is 5.59. The predicted octanol–water partition coefficient (Wildman–Crippen LogP) is -0.951. The molecule has 1 aliphatic heterocycles. The van der Waals surface area contributed by atoms with Crippen molar-refractivity contribution in [2.45, 2.75) is 24.3 Å². The van der Waals surface area contributed by atoms with E-state index in [-0.39, 0.29) is 0 Å². The molecule has 0 amide bonds. The maximum atomic E-state index is 14.8. The monoisotopic (exact) mass is 439 g/mol. The number of hydrogen-bond acceptors (Lipinski definition) is 9. The zero-order valence-electron chi connectivity index (χ0n) is 13.3. The lowest BCUT2D eigenvalue weighted by atomic mass is 10.1. The zero-order chi connectivity index (χ0) is 20.8. The molecule has 0 bridgehead atoms. The average Bonchev–Trinajstić information content (AvgIpc) is 2.65. The Morgan fingerprint density at radius 1 is 1.46 bits per heavy atom. The molecule has 13 nitrogen and oxygen atoms in total. The summed E-state index contributed by atoms with van der Waals surface area (Å²) >= 11 is 4.77. The smallest absolute Gasteiger partial charge is 0.385 e. The van der Waals surface area contributed by atoms with Crippen LogP contribution < -0.4 is 5.56 Å². The summed E-state index contributed by atoms with van der Waals surface area (Å²) in [7, 11) is -11.0. The van der Waals surface area contributed by atoms with E-state index in [0.29, 0.717) is 4.57 Å². The first kappa shape index (κ1) is 19.9. The number of rotatable bonds is 6. The van der Waals surface area contributed by atoms with Crippen LogP contribution in [0.25, 0.3) is 0 Å². The molecule has 0 aromatic carbocycles. The number of hydrogen-bond donors (Lipinski definition) is 6. The van der Waals surface area contributed by atoms with E-state index in [2.05, 4.69) is 18.6 Å². The highest BCUT2D eigenvalue weighted by Crippen LogP contribution is 2.58. The summed E-state index contributed by atoms with van der Waals surface area (Å²) in [4.78, 5) is 39.3. The molecule has 5 atom stereocenters. The van der Waals surface area contributed by atoms with E-state index in [1.54, 1.807) is 0 Å². The minimum atomic E-state index is -5.50. The van der Waals surface area contributed by atoms with Crippen LogP contribution in [-0.4, -0.2) is 59.1 Å². The number of phosphoric acid groups is 2. The van der Waals surface area contributed by atoms with E-state index >= 15 is 0 Å². The first-order chi connectivity index (χ1) is 12.1. The Bertz CT molecular complexity index is 937. The second-order valence-electron chi connectivity index (χ2n) is 4.91. The van der Waals surface area contributed by atoms with E-state index in [1.165, 1.54) is 0 Å². The lowest BCUT2D eigenvalue weighted by Gasteiger charge is -2.24. The number of alkyl halides is 1. The van der Waals surface area contributed by atoms with Crippen molar-refractivity contribution in [1.29, 1.82) is 0 Å². The molecule has 0 aliphatic carbocycles. The Morgan fingerprint density at radius 3 is 2.62 bits per heavy atom. The third-order valence-corrected chi connectivity index (χ3v) is 5.39. The summed E-state index contributed by atoms with van der Waals surface area (Å²) in [6.45, 7) is -1.67. The van der Waals surface area contributed by atoms with Gasteiger partial charge in [0.25, 0.3) is 11.4 Å². The maximum Gasteiger partial charge on any atom is 0.481 e. The highest BCUT2D eigenvalue weighted by Gasteiger charge is 2.57. The number of nitrogens with zero attached hydrogens (tertiary/aromatic N) is 1. The van der Waals surface area contributed by atoms with E-state index in [0.717, 1.165) is 12.3 Å². The highest BCUT2D eigenvalue weighted by molar-refractivity contribution is 7.71. The molecule has 17 heteroatoms. The van der Waals surface area contributed by atoms with Crippen LogP contribution in [0.5, 0.6) is 0 Å². The minimum absolute atomic E-state index is 0.480. The van der Waals surface area contributed by atoms with Crippen molar-refractivity contribution >= 4 is 27.9 Å². The highest BCUT2D eigenvalue weighted by atomic mass is 32.1. The number of aliphatic hydroxyl groups is 2. The van der Waals surface area contributed by atoms with Gasteiger partial charge in [-0.05, 0) is 12.2 Å². The van der Waals surface area contributed by atoms with Crippen molar-refractivity contribution in [2.75, 3.05) is 6.61 Å². The lowest BCUT2D eigenvalue weighted by Crippen LogP contribution is -2.42. The fraction of sp³-hybridized carbons (Fsp3) is 0.556. The van der Waals surface area contributed by atoms with Crippen molar-refractivity contribution in [3.63, 3.8) is 0 Å². The standard InChI is InChI=1S/C9H13FN2O11P2S/c10-9(3-21-25(19,20)23-24(16,17)18)6(15)5(14)7(22-9)12-2-1-4(13)11-8(12)26/h1-2,5-7,14-15H,3H2,(H,19,20)(H,11,13,26)(H2,16,17,18)/t5-,6+,7-,9-/m1/s1/i7D. The lowest BCUT2D eigenvalue weighted by molar-refractivity contribution is -0.204. The molecule has 6 N–H and O–H groups in total. The first-order valence-corrected chi connectivity index (χ1v) is 9.85. The van der Waals surface area contributed by atoms with E-state index < -0.39 is 56.8 Å². The van der Waals surface area contributed by atoms with Gasteiger partial charge in [-0.1, -0.05) is 0 Å². The van der Waals surface area contributed by atoms with E-state index in [1.807, 2.05) is 0 Å². The van der Waals surface area contributed by atoms with Crippen LogP contribution in [0.2, 0.25) is 0 Å². The molecular weight excluding hydrogens is 425 g/mol. The molecule has 1 aromatic heterocycles. The van der Waals surface area contributed by atoms with Gasteiger partial charge in [0, 0.05) is 12.3 Å². The van der Waals surface area contributed by atoms with Gasteiger partial charge in [-0.25, -0.2) is 13.5 Å². The van der Waals surface area contributed by atoms with E-state index in [4.69, 9.17) is 28.3 Å². The normalized spacial score (nSPS) is 35.1. The molecule has 1 aliphatic rings. The molecule has 26 heavy (non-hydrogen) atoms. The molecule has 0 radical (unpaired) electrons. The summed E-state index contributed by atoms with van der Waals surface area (Å²) in [5.74, 6) is -3.50. The molecule has 0 spiro atoms. The summed E-state index contributed by atoms with van der Waals surface area (Å²) in [5, 5.41) is 19.9. The van der Waals surface area contributed by atoms with E-state index in [9.17, 15) is 28.5 Å². The maximum absolute atomic E-state index is 14.8. The second kappa shape index (κ2) is 7.30. The Hall–Kier alpha value is -0.830. The molecule has 2 rings (SSSR count). The van der Waals surface area contributed by atoms with Crippen molar-refractivity contribution in [3.8, 4) is 0 Å². The fourth-order valence-electron chi connectivity index (χ4n) is 1.89. The van der Waals surface area contributed by atoms with Crippen LogP contribution in [0, 0.1) is 4.77 Å². The number of phosphoric ester groups is 1. The van der Waals surface area contributed by atoms with Crippen LogP contribution in [-0.2, 0) is 22.7 Å². The van der Waals surface area contributed by atoms with Gasteiger partial charge in [-0.2, -0.15) is 4.31 Å². The molecule has 1 unspecified atom stereocenters. The number of aliphatic hydroxyl groups excluding tert-OH is 2. The molecule has 1 saturated heterocycles. The van der Waals surface area contributed by atoms with Gasteiger partial charge in [-0.3, -0.25) is 18.9 Å². The van der Waals surface area contributed by atoms with Crippen molar-refractivity contribution < 1.29 is 53.4 Å². The first-order valence-electron chi connectivity index (χ1n) is 6.92. The van der Waals surface area contributed by atoms with Gasteiger partial charge in [0.1, 0.15) is 18.8 Å². The van der Waals surface area contributed by atoms with Crippen LogP contribution in [0.1, 0.15) is 7.57 Å². The Labute approximate surface area is 149 Å². The summed E-state index contributed by atoms with van der Waals surface area (Å²) in [5.41, 5.74) is -0.682. The van der Waals surface area contributed by atoms with Crippen molar-refractivity contribution in [1.82, 2.24) is 9.55 Å². The zero-order valence-corrected chi connectivity index (χ0v) is 14.9. The van der Waals surface area contributed by atoms with Crippen molar-refractivity contribution in [2.24, 2.45) is 0 Å². The van der Waals surface area contributed by atoms with Gasteiger partial charge >= 0.3 is 15.6 Å². The topological polar surface area (TPSA) is 201 Å². The molecule has 1 fully saturated rings. The largest absolute Gasteiger partial charge is 0.481 e. The van der Waals surface area contributed by atoms with Gasteiger partial charge < -0.3 is 29.6 Å². The molecule has 2 heterocycles. The van der Waals surface area contributed by atoms with Gasteiger partial charge in [0.05, 0.1) is 1.37 Å². The molecule has 1 aromatic rings. The number of nitrogens with one attached hydrogen (secondary N) is 1. The number of ether oxygens (including phenoxy) is 1. The van der Waals surface area contributed by atoms with Crippen LogP contribution >= 0.6 is 27.9 Å². The summed E-state index contributed by atoms with van der Waals surface area (Å²) < 4.78 is 57.1. The third kappa shape index (κ3) is 4.91. The quantitative estimate of drug-likeness (QED) is 0.235. The number of aromatic nitrogens is 2. The Balaban J connectivity index is 2.29.